The van der Waals surface area contributed by atoms with Crippen molar-refractivity contribution in [3.05, 3.63) is 11.7 Å². The molecule has 0 radical (unpaired) electrons. The minimum absolute atomic E-state index is 0.0422. The summed E-state index contributed by atoms with van der Waals surface area (Å²) in [5.74, 6) is 1.38. The zero-order valence-electron chi connectivity index (χ0n) is 14.8. The lowest BCUT2D eigenvalue weighted by Gasteiger charge is -2.17. The molecule has 1 aromatic rings. The van der Waals surface area contributed by atoms with Crippen LogP contribution in [0.4, 0.5) is 0 Å². The first-order valence-corrected chi connectivity index (χ1v) is 9.59. The molecule has 0 atom stereocenters. The Morgan fingerprint density at radius 1 is 0.960 bits per heavy atom. The van der Waals surface area contributed by atoms with Gasteiger partial charge in [-0.15, -0.1) is 0 Å². The predicted molar refractivity (Wildman–Crippen MR) is 91.6 cm³/mol. The molecule has 1 aromatic heterocycles. The van der Waals surface area contributed by atoms with Crippen molar-refractivity contribution in [3.8, 4) is 0 Å². The number of rotatable bonds is 7. The molecule has 0 bridgehead atoms. The van der Waals surface area contributed by atoms with Crippen molar-refractivity contribution in [2.24, 2.45) is 0 Å². The largest absolute Gasteiger partial charge is 0.353 e. The van der Waals surface area contributed by atoms with E-state index in [9.17, 15) is 9.59 Å². The van der Waals surface area contributed by atoms with Crippen LogP contribution in [0.3, 0.4) is 0 Å². The van der Waals surface area contributed by atoms with Crippen LogP contribution in [0.15, 0.2) is 4.52 Å². The molecule has 2 amide bonds. The quantitative estimate of drug-likeness (QED) is 0.789. The maximum Gasteiger partial charge on any atom is 0.246 e. The van der Waals surface area contributed by atoms with Crippen molar-refractivity contribution < 1.29 is 14.1 Å². The van der Waals surface area contributed by atoms with E-state index in [2.05, 4.69) is 20.8 Å². The molecule has 2 fully saturated rings. The van der Waals surface area contributed by atoms with Gasteiger partial charge in [-0.1, -0.05) is 37.3 Å². The van der Waals surface area contributed by atoms with E-state index in [4.69, 9.17) is 4.52 Å². The lowest BCUT2D eigenvalue weighted by Crippen LogP contribution is -2.33. The van der Waals surface area contributed by atoms with Crippen LogP contribution in [-0.2, 0) is 16.1 Å². The molecule has 0 aromatic carbocycles. The standard InChI is InChI=1S/C18H28N4O3/c23-15(10-11-16(24)20-14-8-4-5-9-14)19-12-17-21-18(22-25-17)13-6-2-1-3-7-13/h13-14H,1-12H2,(H,19,23)(H,20,24). The Bertz CT molecular complexity index is 575. The summed E-state index contributed by atoms with van der Waals surface area (Å²) in [5.41, 5.74) is 0. The molecule has 25 heavy (non-hydrogen) atoms. The summed E-state index contributed by atoms with van der Waals surface area (Å²) in [7, 11) is 0. The van der Waals surface area contributed by atoms with Gasteiger partial charge in [-0.3, -0.25) is 9.59 Å². The van der Waals surface area contributed by atoms with Crippen LogP contribution < -0.4 is 10.6 Å². The van der Waals surface area contributed by atoms with Gasteiger partial charge >= 0.3 is 0 Å². The maximum absolute atomic E-state index is 11.9. The molecule has 7 nitrogen and oxygen atoms in total. The van der Waals surface area contributed by atoms with Gasteiger partial charge in [0.25, 0.3) is 0 Å². The lowest BCUT2D eigenvalue weighted by atomic mass is 9.89. The van der Waals surface area contributed by atoms with Crippen LogP contribution in [0.2, 0.25) is 0 Å². The number of hydrogen-bond acceptors (Lipinski definition) is 5. The summed E-state index contributed by atoms with van der Waals surface area (Å²) in [5, 5.41) is 9.78. The van der Waals surface area contributed by atoms with Gasteiger partial charge in [0.2, 0.25) is 17.7 Å². The maximum atomic E-state index is 11.9. The monoisotopic (exact) mass is 348 g/mol. The smallest absolute Gasteiger partial charge is 0.246 e. The Balaban J connectivity index is 1.34. The molecule has 0 spiro atoms. The van der Waals surface area contributed by atoms with Gasteiger partial charge in [0.15, 0.2) is 5.82 Å². The van der Waals surface area contributed by atoms with E-state index < -0.39 is 0 Å². The molecular formula is C18H28N4O3. The molecule has 3 rings (SSSR count). The summed E-state index contributed by atoms with van der Waals surface area (Å²) in [6, 6.07) is 0.298. The van der Waals surface area contributed by atoms with E-state index in [1.807, 2.05) is 0 Å². The van der Waals surface area contributed by atoms with Crippen LogP contribution in [0.5, 0.6) is 0 Å². The van der Waals surface area contributed by atoms with Gasteiger partial charge in [-0.2, -0.15) is 4.98 Å². The zero-order chi connectivity index (χ0) is 17.5. The molecule has 1 heterocycles. The Morgan fingerprint density at radius 2 is 1.64 bits per heavy atom. The number of amides is 2. The van der Waals surface area contributed by atoms with Crippen LogP contribution >= 0.6 is 0 Å². The Morgan fingerprint density at radius 3 is 2.40 bits per heavy atom. The fraction of sp³-hybridized carbons (Fsp3) is 0.778. The first kappa shape index (κ1) is 17.9. The number of aromatic nitrogens is 2. The molecule has 2 aliphatic rings. The number of carbonyl (C=O) groups is 2. The van der Waals surface area contributed by atoms with Gasteiger partial charge < -0.3 is 15.2 Å². The van der Waals surface area contributed by atoms with Crippen LogP contribution in [0, 0.1) is 0 Å². The van der Waals surface area contributed by atoms with Crippen LogP contribution in [0.1, 0.15) is 88.3 Å². The van der Waals surface area contributed by atoms with E-state index in [0.717, 1.165) is 31.5 Å². The third kappa shape index (κ3) is 5.54. The highest BCUT2D eigenvalue weighted by atomic mass is 16.5. The SMILES string of the molecule is O=C(CCC(=O)NC1CCCC1)NCc1nc(C2CCCCC2)no1. The average molecular weight is 348 g/mol. The topological polar surface area (TPSA) is 97.1 Å². The Kier molecular flexibility index (Phi) is 6.42. The van der Waals surface area contributed by atoms with Crippen molar-refractivity contribution in [2.45, 2.75) is 89.1 Å². The number of hydrogen-bond donors (Lipinski definition) is 2. The molecule has 0 aliphatic heterocycles. The van der Waals surface area contributed by atoms with Gasteiger partial charge in [-0.05, 0) is 25.7 Å². The minimum Gasteiger partial charge on any atom is -0.353 e. The molecule has 2 aliphatic carbocycles. The van der Waals surface area contributed by atoms with E-state index in [1.54, 1.807) is 0 Å². The van der Waals surface area contributed by atoms with Crippen molar-refractivity contribution in [2.75, 3.05) is 0 Å². The normalized spacial score (nSPS) is 19.0. The third-order valence-electron chi connectivity index (χ3n) is 5.19. The summed E-state index contributed by atoms with van der Waals surface area (Å²) in [6.45, 7) is 0.225. The van der Waals surface area contributed by atoms with E-state index in [1.165, 1.54) is 32.1 Å². The Hall–Kier alpha value is -1.92. The Labute approximate surface area is 148 Å². The summed E-state index contributed by atoms with van der Waals surface area (Å²) >= 11 is 0. The van der Waals surface area contributed by atoms with E-state index >= 15 is 0 Å². The van der Waals surface area contributed by atoms with E-state index in [0.29, 0.717) is 17.9 Å². The molecule has 2 saturated carbocycles. The summed E-state index contributed by atoms with van der Waals surface area (Å²) < 4.78 is 5.23. The molecule has 2 N–H and O–H groups in total. The van der Waals surface area contributed by atoms with Gasteiger partial charge in [0.05, 0.1) is 6.54 Å². The van der Waals surface area contributed by atoms with E-state index in [-0.39, 0.29) is 31.2 Å². The average Bonchev–Trinajstić information content (AvgIpc) is 3.31. The van der Waals surface area contributed by atoms with Gasteiger partial charge in [-0.25, -0.2) is 0 Å². The van der Waals surface area contributed by atoms with Crippen LogP contribution in [-0.4, -0.2) is 28.0 Å². The highest BCUT2D eigenvalue weighted by Gasteiger charge is 2.21. The highest BCUT2D eigenvalue weighted by Crippen LogP contribution is 2.30. The minimum atomic E-state index is -0.168. The fourth-order valence-electron chi connectivity index (χ4n) is 3.73. The van der Waals surface area contributed by atoms with Gasteiger partial charge in [0.1, 0.15) is 0 Å². The third-order valence-corrected chi connectivity index (χ3v) is 5.19. The highest BCUT2D eigenvalue weighted by molar-refractivity contribution is 5.83. The second kappa shape index (κ2) is 8.97. The molecule has 0 unspecified atom stereocenters. The fourth-order valence-corrected chi connectivity index (χ4v) is 3.73. The number of nitrogens with zero attached hydrogens (tertiary/aromatic N) is 2. The summed E-state index contributed by atoms with van der Waals surface area (Å²) in [6.07, 6.45) is 10.8. The second-order valence-corrected chi connectivity index (χ2v) is 7.21. The first-order valence-electron chi connectivity index (χ1n) is 9.59. The molecular weight excluding hydrogens is 320 g/mol. The molecule has 0 saturated heterocycles. The van der Waals surface area contributed by atoms with Gasteiger partial charge in [0, 0.05) is 24.8 Å². The van der Waals surface area contributed by atoms with Crippen molar-refractivity contribution in [1.29, 1.82) is 0 Å². The van der Waals surface area contributed by atoms with Crippen LogP contribution in [0.25, 0.3) is 0 Å². The van der Waals surface area contributed by atoms with Crippen molar-refractivity contribution >= 4 is 11.8 Å². The number of carbonyl (C=O) groups excluding carboxylic acids is 2. The first-order chi connectivity index (χ1) is 12.2. The second-order valence-electron chi connectivity index (χ2n) is 7.21. The molecule has 7 heteroatoms. The summed E-state index contributed by atoms with van der Waals surface area (Å²) in [4.78, 5) is 28.1. The zero-order valence-corrected chi connectivity index (χ0v) is 14.8. The lowest BCUT2D eigenvalue weighted by molar-refractivity contribution is -0.126. The van der Waals surface area contributed by atoms with Crippen molar-refractivity contribution in [1.82, 2.24) is 20.8 Å². The molecule has 138 valence electrons. The predicted octanol–water partition coefficient (Wildman–Crippen LogP) is 2.57. The van der Waals surface area contributed by atoms with Crippen molar-refractivity contribution in [3.63, 3.8) is 0 Å². The number of nitrogens with one attached hydrogen (secondary N) is 2.